The van der Waals surface area contributed by atoms with E-state index in [9.17, 15) is 9.59 Å². The number of carbonyl (C=O) groups excluding carboxylic acids is 2. The monoisotopic (exact) mass is 495 g/mol. The first-order chi connectivity index (χ1) is 16.9. The van der Waals surface area contributed by atoms with Gasteiger partial charge in [0.05, 0.1) is 11.3 Å². The van der Waals surface area contributed by atoms with E-state index in [1.54, 1.807) is 29.9 Å². The number of nitrogens with zero attached hydrogens (tertiary/aromatic N) is 4. The summed E-state index contributed by atoms with van der Waals surface area (Å²) in [4.78, 5) is 40.9. The Morgan fingerprint density at radius 2 is 2.09 bits per heavy atom. The molecule has 0 bridgehead atoms. The molecule has 1 aliphatic rings. The summed E-state index contributed by atoms with van der Waals surface area (Å²) in [6, 6.07) is 4.23. The van der Waals surface area contributed by atoms with Gasteiger partial charge in [0.25, 0.3) is 5.91 Å². The molecule has 10 heteroatoms. The number of carbonyl (C=O) groups is 2. The summed E-state index contributed by atoms with van der Waals surface area (Å²) >= 11 is 1.64. The minimum atomic E-state index is -0.419. The minimum absolute atomic E-state index is 0.137. The van der Waals surface area contributed by atoms with E-state index in [2.05, 4.69) is 43.5 Å². The summed E-state index contributed by atoms with van der Waals surface area (Å²) in [5.74, 6) is 0.0362. The molecule has 1 fully saturated rings. The highest BCUT2D eigenvalue weighted by Gasteiger charge is 2.30. The average Bonchev–Trinajstić information content (AvgIpc) is 3.55. The summed E-state index contributed by atoms with van der Waals surface area (Å²) in [5, 5.41) is 7.01. The predicted molar refractivity (Wildman–Crippen MR) is 137 cm³/mol. The summed E-state index contributed by atoms with van der Waals surface area (Å²) in [6.45, 7) is 6.50. The van der Waals surface area contributed by atoms with E-state index in [0.717, 1.165) is 49.2 Å². The van der Waals surface area contributed by atoms with E-state index in [1.807, 2.05) is 23.3 Å². The van der Waals surface area contributed by atoms with Crippen molar-refractivity contribution in [2.24, 2.45) is 5.73 Å². The van der Waals surface area contributed by atoms with Gasteiger partial charge in [-0.15, -0.1) is 0 Å². The number of aromatic amines is 1. The van der Waals surface area contributed by atoms with Crippen LogP contribution in [0.3, 0.4) is 0 Å². The number of urea groups is 1. The number of thiophene rings is 1. The zero-order valence-corrected chi connectivity index (χ0v) is 21.1. The van der Waals surface area contributed by atoms with Gasteiger partial charge in [-0.3, -0.25) is 15.1 Å². The van der Waals surface area contributed by atoms with Gasteiger partial charge in [0.15, 0.2) is 0 Å². The second-order valence-corrected chi connectivity index (χ2v) is 9.88. The highest BCUT2D eigenvalue weighted by atomic mass is 32.1. The van der Waals surface area contributed by atoms with Crippen molar-refractivity contribution in [3.05, 3.63) is 63.9 Å². The highest BCUT2D eigenvalue weighted by Crippen LogP contribution is 2.24. The number of H-pyrrole nitrogens is 1. The molecule has 1 atom stereocenters. The van der Waals surface area contributed by atoms with Crippen molar-refractivity contribution < 1.29 is 9.59 Å². The zero-order valence-electron chi connectivity index (χ0n) is 20.2. The summed E-state index contributed by atoms with van der Waals surface area (Å²) in [7, 11) is 0. The van der Waals surface area contributed by atoms with Crippen LogP contribution < -0.4 is 11.1 Å². The predicted octanol–water partition coefficient (Wildman–Crippen LogP) is 3.79. The van der Waals surface area contributed by atoms with Crippen LogP contribution in [0.25, 0.3) is 0 Å². The molecule has 0 aromatic carbocycles. The first kappa shape index (κ1) is 24.9. The molecule has 9 nitrogen and oxygen atoms in total. The maximum absolute atomic E-state index is 13.1. The molecule has 0 saturated carbocycles. The standard InChI is InChI=1S/C25H33N7O2S/c1-17-5-9-27-21(22(17)23(26)33)4-3-18(2)31-12-6-20(7-13-31)32(15-19-8-14-35-16-19)25(34)30-24-28-10-11-29-24/h5,8-11,14,16,18,20H,3-4,6-7,12-13,15H2,1-2H3,(H2,26,33)(H2,28,29,30,34)/t18-/m1/s1. The summed E-state index contributed by atoms with van der Waals surface area (Å²) < 4.78 is 0. The molecular formula is C25H33N7O2S. The second-order valence-electron chi connectivity index (χ2n) is 9.10. The van der Waals surface area contributed by atoms with Crippen LogP contribution in [-0.4, -0.2) is 61.9 Å². The number of amides is 3. The summed E-state index contributed by atoms with van der Waals surface area (Å²) in [5.41, 5.74) is 8.92. The SMILES string of the molecule is Cc1ccnc(CC[C@@H](C)N2CCC(N(Cc3ccsc3)C(=O)Nc3ncc[nH]3)CC2)c1C(N)=O. The van der Waals surface area contributed by atoms with Gasteiger partial charge in [-0.1, -0.05) is 0 Å². The van der Waals surface area contributed by atoms with Gasteiger partial charge in [0, 0.05) is 50.3 Å². The molecule has 1 saturated heterocycles. The number of hydrogen-bond acceptors (Lipinski definition) is 6. The first-order valence-corrected chi connectivity index (χ1v) is 12.9. The topological polar surface area (TPSA) is 120 Å². The van der Waals surface area contributed by atoms with Crippen LogP contribution in [0, 0.1) is 6.92 Å². The zero-order chi connectivity index (χ0) is 24.8. The third-order valence-electron chi connectivity index (χ3n) is 6.76. The molecule has 0 aliphatic carbocycles. The molecule has 3 amide bonds. The molecule has 0 spiro atoms. The maximum atomic E-state index is 13.1. The number of piperidine rings is 1. The van der Waals surface area contributed by atoms with Gasteiger partial charge in [-0.05, 0) is 73.6 Å². The van der Waals surface area contributed by atoms with Gasteiger partial charge in [-0.25, -0.2) is 9.78 Å². The average molecular weight is 496 g/mol. The van der Waals surface area contributed by atoms with Crippen LogP contribution in [0.2, 0.25) is 0 Å². The number of nitrogens with two attached hydrogens (primary N) is 1. The molecule has 4 heterocycles. The number of anilines is 1. The molecule has 3 aromatic heterocycles. The molecule has 0 radical (unpaired) electrons. The van der Waals surface area contributed by atoms with Gasteiger partial charge >= 0.3 is 6.03 Å². The van der Waals surface area contributed by atoms with Crippen LogP contribution in [0.4, 0.5) is 10.7 Å². The van der Waals surface area contributed by atoms with Gasteiger partial charge in [0.2, 0.25) is 5.95 Å². The van der Waals surface area contributed by atoms with E-state index in [-0.39, 0.29) is 12.1 Å². The molecule has 0 unspecified atom stereocenters. The lowest BCUT2D eigenvalue weighted by atomic mass is 9.98. The van der Waals surface area contributed by atoms with Crippen molar-refractivity contribution in [2.75, 3.05) is 18.4 Å². The molecule has 35 heavy (non-hydrogen) atoms. The van der Waals surface area contributed by atoms with E-state index in [1.165, 1.54) is 0 Å². The lowest BCUT2D eigenvalue weighted by molar-refractivity contribution is 0.0979. The van der Waals surface area contributed by atoms with E-state index < -0.39 is 5.91 Å². The van der Waals surface area contributed by atoms with Crippen molar-refractivity contribution in [1.82, 2.24) is 24.8 Å². The molecule has 4 rings (SSSR count). The number of hydrogen-bond donors (Lipinski definition) is 3. The third kappa shape index (κ3) is 6.26. The number of aromatic nitrogens is 3. The number of nitrogens with one attached hydrogen (secondary N) is 2. The Morgan fingerprint density at radius 1 is 1.29 bits per heavy atom. The van der Waals surface area contributed by atoms with Crippen LogP contribution in [0.5, 0.6) is 0 Å². The van der Waals surface area contributed by atoms with Crippen molar-refractivity contribution in [3.63, 3.8) is 0 Å². The Kier molecular flexibility index (Phi) is 8.14. The number of likely N-dealkylation sites (tertiary alicyclic amines) is 1. The number of imidazole rings is 1. The quantitative estimate of drug-likeness (QED) is 0.417. The fraction of sp³-hybridized carbons (Fsp3) is 0.440. The van der Waals surface area contributed by atoms with E-state index in [0.29, 0.717) is 30.5 Å². The van der Waals surface area contributed by atoms with E-state index >= 15 is 0 Å². The number of aryl methyl sites for hydroxylation is 2. The van der Waals surface area contributed by atoms with Crippen LogP contribution in [0.1, 0.15) is 53.4 Å². The Bertz CT molecular complexity index is 1110. The number of pyridine rings is 1. The largest absolute Gasteiger partial charge is 0.366 e. The lowest BCUT2D eigenvalue weighted by Crippen LogP contribution is -2.50. The fourth-order valence-electron chi connectivity index (χ4n) is 4.76. The number of rotatable bonds is 9. The van der Waals surface area contributed by atoms with Crippen molar-refractivity contribution in [2.45, 2.75) is 58.2 Å². The van der Waals surface area contributed by atoms with Crippen LogP contribution in [0.15, 0.2) is 41.5 Å². The highest BCUT2D eigenvalue weighted by molar-refractivity contribution is 7.07. The maximum Gasteiger partial charge on any atom is 0.324 e. The Labute approximate surface area is 209 Å². The third-order valence-corrected chi connectivity index (χ3v) is 7.50. The minimum Gasteiger partial charge on any atom is -0.366 e. The van der Waals surface area contributed by atoms with Crippen molar-refractivity contribution in [3.8, 4) is 0 Å². The normalized spacial score (nSPS) is 15.6. The Morgan fingerprint density at radius 3 is 2.74 bits per heavy atom. The first-order valence-electron chi connectivity index (χ1n) is 12.0. The van der Waals surface area contributed by atoms with Crippen LogP contribution >= 0.6 is 11.3 Å². The fourth-order valence-corrected chi connectivity index (χ4v) is 5.42. The van der Waals surface area contributed by atoms with Crippen molar-refractivity contribution in [1.29, 1.82) is 0 Å². The molecular weight excluding hydrogens is 462 g/mol. The Balaban J connectivity index is 1.35. The molecule has 3 aromatic rings. The smallest absolute Gasteiger partial charge is 0.324 e. The summed E-state index contributed by atoms with van der Waals surface area (Å²) in [6.07, 6.45) is 8.44. The number of primary amides is 1. The lowest BCUT2D eigenvalue weighted by Gasteiger charge is -2.40. The molecule has 4 N–H and O–H groups in total. The van der Waals surface area contributed by atoms with Crippen LogP contribution in [-0.2, 0) is 13.0 Å². The Hall–Kier alpha value is -3.24. The van der Waals surface area contributed by atoms with E-state index in [4.69, 9.17) is 5.73 Å². The van der Waals surface area contributed by atoms with Gasteiger partial charge < -0.3 is 20.5 Å². The van der Waals surface area contributed by atoms with Crippen molar-refractivity contribution >= 4 is 29.2 Å². The second kappa shape index (κ2) is 11.5. The van der Waals surface area contributed by atoms with Gasteiger partial charge in [0.1, 0.15) is 0 Å². The molecule has 186 valence electrons. The molecule has 1 aliphatic heterocycles. The van der Waals surface area contributed by atoms with Gasteiger partial charge in [-0.2, -0.15) is 11.3 Å².